The van der Waals surface area contributed by atoms with E-state index in [4.69, 9.17) is 9.47 Å². The van der Waals surface area contributed by atoms with Gasteiger partial charge in [-0.05, 0) is 31.2 Å². The summed E-state index contributed by atoms with van der Waals surface area (Å²) in [6, 6.07) is 13.1. The molecule has 0 unspecified atom stereocenters. The average molecular weight is 352 g/mol. The van der Waals surface area contributed by atoms with Gasteiger partial charge in [0.25, 0.3) is 5.91 Å². The van der Waals surface area contributed by atoms with Crippen LogP contribution in [-0.2, 0) is 11.3 Å². The first-order valence-corrected chi connectivity index (χ1v) is 8.08. The molecule has 0 spiro atoms. The third-order valence-corrected chi connectivity index (χ3v) is 3.98. The third-order valence-electron chi connectivity index (χ3n) is 3.98. The van der Waals surface area contributed by atoms with Crippen molar-refractivity contribution in [1.82, 2.24) is 15.0 Å². The Hall–Kier alpha value is -3.35. The molecule has 134 valence electrons. The molecule has 0 saturated carbocycles. The molecule has 1 N–H and O–H groups in total. The van der Waals surface area contributed by atoms with E-state index in [2.05, 4.69) is 15.5 Å². The van der Waals surface area contributed by atoms with Crippen LogP contribution in [0, 0.1) is 6.92 Å². The van der Waals surface area contributed by atoms with Crippen LogP contribution in [-0.4, -0.2) is 35.9 Å². The second-order valence-electron chi connectivity index (χ2n) is 5.63. The summed E-state index contributed by atoms with van der Waals surface area (Å²) < 4.78 is 12.3. The van der Waals surface area contributed by atoms with E-state index in [0.29, 0.717) is 11.5 Å². The lowest BCUT2D eigenvalue weighted by Gasteiger charge is -2.07. The first-order chi connectivity index (χ1) is 12.6. The number of amides is 1. The van der Waals surface area contributed by atoms with Crippen LogP contribution in [0.3, 0.4) is 0 Å². The Morgan fingerprint density at radius 2 is 2.04 bits per heavy atom. The molecule has 7 nitrogen and oxygen atoms in total. The van der Waals surface area contributed by atoms with E-state index in [1.807, 2.05) is 35.8 Å². The normalized spacial score (nSPS) is 11.0. The number of carbonyl (C=O) groups is 1. The molecule has 26 heavy (non-hydrogen) atoms. The number of ether oxygens (including phenoxy) is 2. The first-order valence-electron chi connectivity index (χ1n) is 8.08. The number of para-hydroxylation sites is 2. The van der Waals surface area contributed by atoms with Crippen LogP contribution < -0.4 is 14.9 Å². The van der Waals surface area contributed by atoms with Crippen LogP contribution in [0.25, 0.3) is 11.0 Å². The van der Waals surface area contributed by atoms with Gasteiger partial charge in [0, 0.05) is 11.6 Å². The van der Waals surface area contributed by atoms with Crippen molar-refractivity contribution in [1.29, 1.82) is 0 Å². The van der Waals surface area contributed by atoms with E-state index in [9.17, 15) is 4.79 Å². The van der Waals surface area contributed by atoms with Crippen molar-refractivity contribution in [2.45, 2.75) is 13.5 Å². The van der Waals surface area contributed by atoms with Crippen molar-refractivity contribution in [3.8, 4) is 11.5 Å². The molecule has 0 atom stereocenters. The van der Waals surface area contributed by atoms with Gasteiger partial charge in [-0.25, -0.2) is 10.4 Å². The minimum absolute atomic E-state index is 0.142. The lowest BCUT2D eigenvalue weighted by molar-refractivity contribution is -0.121. The lowest BCUT2D eigenvalue weighted by atomic mass is 10.2. The van der Waals surface area contributed by atoms with Crippen LogP contribution in [0.15, 0.2) is 47.6 Å². The minimum Gasteiger partial charge on any atom is -0.497 e. The van der Waals surface area contributed by atoms with Gasteiger partial charge in [-0.1, -0.05) is 12.1 Å². The van der Waals surface area contributed by atoms with E-state index in [1.165, 1.54) is 6.21 Å². The van der Waals surface area contributed by atoms with Gasteiger partial charge < -0.3 is 14.0 Å². The summed E-state index contributed by atoms with van der Waals surface area (Å²) >= 11 is 0. The van der Waals surface area contributed by atoms with Crippen molar-refractivity contribution in [3.63, 3.8) is 0 Å². The largest absolute Gasteiger partial charge is 0.497 e. The summed E-state index contributed by atoms with van der Waals surface area (Å²) in [6.07, 6.45) is 1.54. The van der Waals surface area contributed by atoms with Gasteiger partial charge in [0.05, 0.1) is 31.5 Å². The quantitative estimate of drug-likeness (QED) is 0.546. The number of methoxy groups -OCH3 is 2. The van der Waals surface area contributed by atoms with E-state index < -0.39 is 0 Å². The Balaban J connectivity index is 1.69. The number of hydrogen-bond donors (Lipinski definition) is 1. The number of nitrogens with one attached hydrogen (secondary N) is 1. The number of aryl methyl sites for hydroxylation is 1. The van der Waals surface area contributed by atoms with Gasteiger partial charge >= 0.3 is 0 Å². The standard InChI is InChI=1S/C19H20N4O3/c1-13-21-16-6-4-5-7-17(16)23(13)12-19(24)22-20-11-14-8-9-15(25-2)10-18(14)26-3/h4-11H,12H2,1-3H3,(H,22,24)/b20-11+. The molecule has 1 heterocycles. The Kier molecular flexibility index (Phi) is 5.17. The highest BCUT2D eigenvalue weighted by Crippen LogP contribution is 2.23. The predicted octanol–water partition coefficient (Wildman–Crippen LogP) is 2.51. The molecule has 0 aliphatic heterocycles. The number of carbonyl (C=O) groups excluding carboxylic acids is 1. The molecular formula is C19H20N4O3. The maximum Gasteiger partial charge on any atom is 0.260 e. The number of hydrogen-bond acceptors (Lipinski definition) is 5. The molecule has 0 aliphatic carbocycles. The molecule has 0 saturated heterocycles. The topological polar surface area (TPSA) is 77.7 Å². The first kappa shape index (κ1) is 17.5. The highest BCUT2D eigenvalue weighted by Gasteiger charge is 2.10. The molecule has 7 heteroatoms. The van der Waals surface area contributed by atoms with E-state index >= 15 is 0 Å². The Morgan fingerprint density at radius 1 is 1.23 bits per heavy atom. The van der Waals surface area contributed by atoms with Crippen molar-refractivity contribution in [2.75, 3.05) is 14.2 Å². The second-order valence-corrected chi connectivity index (χ2v) is 5.63. The molecular weight excluding hydrogens is 332 g/mol. The summed E-state index contributed by atoms with van der Waals surface area (Å²) in [7, 11) is 3.15. The third kappa shape index (κ3) is 3.66. The molecule has 0 aliphatic rings. The molecule has 0 fully saturated rings. The van der Waals surface area contributed by atoms with Gasteiger partial charge in [-0.2, -0.15) is 5.10 Å². The average Bonchev–Trinajstić information content (AvgIpc) is 2.97. The number of rotatable bonds is 6. The summed E-state index contributed by atoms with van der Waals surface area (Å²) in [5.41, 5.74) is 5.05. The van der Waals surface area contributed by atoms with Crippen molar-refractivity contribution in [2.24, 2.45) is 5.10 Å². The van der Waals surface area contributed by atoms with Gasteiger partial charge in [-0.15, -0.1) is 0 Å². The van der Waals surface area contributed by atoms with E-state index in [1.54, 1.807) is 32.4 Å². The molecule has 1 amide bonds. The fourth-order valence-electron chi connectivity index (χ4n) is 2.67. The molecule has 1 aromatic heterocycles. The zero-order valence-electron chi connectivity index (χ0n) is 14.9. The lowest BCUT2D eigenvalue weighted by Crippen LogP contribution is -2.23. The number of imidazole rings is 1. The van der Waals surface area contributed by atoms with Crippen LogP contribution >= 0.6 is 0 Å². The predicted molar refractivity (Wildman–Crippen MR) is 99.8 cm³/mol. The van der Waals surface area contributed by atoms with E-state index in [-0.39, 0.29) is 12.5 Å². The molecule has 0 bridgehead atoms. The van der Waals surface area contributed by atoms with E-state index in [0.717, 1.165) is 22.4 Å². The number of aromatic nitrogens is 2. The van der Waals surface area contributed by atoms with Gasteiger partial charge in [0.2, 0.25) is 0 Å². The van der Waals surface area contributed by atoms with Crippen molar-refractivity contribution in [3.05, 3.63) is 53.9 Å². The zero-order valence-corrected chi connectivity index (χ0v) is 14.9. The number of benzene rings is 2. The summed E-state index contributed by atoms with van der Waals surface area (Å²) in [5, 5.41) is 4.02. The second kappa shape index (κ2) is 7.69. The van der Waals surface area contributed by atoms with Gasteiger partial charge in [0.1, 0.15) is 23.9 Å². The van der Waals surface area contributed by atoms with Crippen LogP contribution in [0.5, 0.6) is 11.5 Å². The highest BCUT2D eigenvalue weighted by atomic mass is 16.5. The fraction of sp³-hybridized carbons (Fsp3) is 0.211. The highest BCUT2D eigenvalue weighted by molar-refractivity contribution is 5.86. The monoisotopic (exact) mass is 352 g/mol. The zero-order chi connectivity index (χ0) is 18.5. The minimum atomic E-state index is -0.236. The summed E-state index contributed by atoms with van der Waals surface area (Å²) in [6.45, 7) is 2.02. The number of hydrazone groups is 1. The van der Waals surface area contributed by atoms with Crippen molar-refractivity contribution >= 4 is 23.2 Å². The number of nitrogens with zero attached hydrogens (tertiary/aromatic N) is 3. The van der Waals surface area contributed by atoms with Gasteiger partial charge in [0.15, 0.2) is 0 Å². The van der Waals surface area contributed by atoms with Crippen LogP contribution in [0.4, 0.5) is 0 Å². The summed E-state index contributed by atoms with van der Waals surface area (Å²) in [5.74, 6) is 1.84. The fourth-order valence-corrected chi connectivity index (χ4v) is 2.67. The summed E-state index contributed by atoms with van der Waals surface area (Å²) in [4.78, 5) is 16.7. The number of fused-ring (bicyclic) bond motifs is 1. The maximum atomic E-state index is 12.2. The van der Waals surface area contributed by atoms with Gasteiger partial charge in [-0.3, -0.25) is 4.79 Å². The van der Waals surface area contributed by atoms with Crippen molar-refractivity contribution < 1.29 is 14.3 Å². The molecule has 3 aromatic rings. The molecule has 3 rings (SSSR count). The molecule has 0 radical (unpaired) electrons. The smallest absolute Gasteiger partial charge is 0.260 e. The Bertz CT molecular complexity index is 963. The SMILES string of the molecule is COc1ccc(/C=N/NC(=O)Cn2c(C)nc3ccccc32)c(OC)c1. The molecule has 2 aromatic carbocycles. The Labute approximate surface area is 151 Å². The Morgan fingerprint density at radius 3 is 2.81 bits per heavy atom. The maximum absolute atomic E-state index is 12.2. The van der Waals surface area contributed by atoms with Crippen LogP contribution in [0.2, 0.25) is 0 Å². The van der Waals surface area contributed by atoms with Crippen LogP contribution in [0.1, 0.15) is 11.4 Å².